The van der Waals surface area contributed by atoms with Crippen molar-refractivity contribution in [2.45, 2.75) is 19.5 Å². The Bertz CT molecular complexity index is 1030. The first-order valence-electron chi connectivity index (χ1n) is 11.7. The molecule has 2 aliphatic heterocycles. The highest BCUT2D eigenvalue weighted by Crippen LogP contribution is 2.30. The summed E-state index contributed by atoms with van der Waals surface area (Å²) in [6, 6.07) is 16.9. The van der Waals surface area contributed by atoms with Gasteiger partial charge in [0.1, 0.15) is 5.75 Å². The van der Waals surface area contributed by atoms with Crippen LogP contribution in [0, 0.1) is 0 Å². The molecule has 2 heterocycles. The Morgan fingerprint density at radius 1 is 1.00 bits per heavy atom. The minimum atomic E-state index is -0.614. The first-order valence-corrected chi connectivity index (χ1v) is 11.7. The fourth-order valence-electron chi connectivity index (χ4n) is 4.43. The zero-order valence-corrected chi connectivity index (χ0v) is 19.8. The second kappa shape index (κ2) is 11.2. The number of ether oxygens (including phenoxy) is 2. The van der Waals surface area contributed by atoms with E-state index in [1.165, 1.54) is 5.56 Å². The van der Waals surface area contributed by atoms with E-state index in [1.54, 1.807) is 14.0 Å². The lowest BCUT2D eigenvalue weighted by atomic mass is 9.94. The lowest BCUT2D eigenvalue weighted by Gasteiger charge is -2.37. The number of benzene rings is 2. The van der Waals surface area contributed by atoms with Gasteiger partial charge < -0.3 is 20.1 Å². The van der Waals surface area contributed by atoms with E-state index in [-0.39, 0.29) is 12.6 Å². The van der Waals surface area contributed by atoms with E-state index in [0.717, 1.165) is 38.3 Å². The minimum Gasteiger partial charge on any atom is -0.497 e. The number of rotatable bonds is 8. The molecule has 2 aliphatic rings. The molecule has 180 valence electrons. The Labute approximate surface area is 200 Å². The van der Waals surface area contributed by atoms with E-state index in [1.807, 2.05) is 30.3 Å². The number of carbonyl (C=O) groups is 2. The van der Waals surface area contributed by atoms with Crippen molar-refractivity contribution in [1.82, 2.24) is 20.4 Å². The molecule has 0 saturated carbocycles. The molecule has 0 aliphatic carbocycles. The predicted octanol–water partition coefficient (Wildman–Crippen LogP) is 2.68. The van der Waals surface area contributed by atoms with E-state index in [0.29, 0.717) is 23.6 Å². The first-order chi connectivity index (χ1) is 16.6. The molecule has 0 radical (unpaired) electrons. The van der Waals surface area contributed by atoms with Gasteiger partial charge in [-0.25, -0.2) is 9.59 Å². The Kier molecular flexibility index (Phi) is 7.82. The summed E-state index contributed by atoms with van der Waals surface area (Å²) in [7, 11) is 1.59. The average Bonchev–Trinajstić information content (AvgIpc) is 2.85. The van der Waals surface area contributed by atoms with Crippen molar-refractivity contribution in [3.05, 3.63) is 77.0 Å². The monoisotopic (exact) mass is 464 g/mol. The van der Waals surface area contributed by atoms with E-state index < -0.39 is 12.0 Å². The number of nitrogens with one attached hydrogen (secondary N) is 2. The van der Waals surface area contributed by atoms with Crippen LogP contribution < -0.4 is 15.4 Å². The molecule has 8 heteroatoms. The van der Waals surface area contributed by atoms with Crippen molar-refractivity contribution in [2.75, 3.05) is 46.4 Å². The van der Waals surface area contributed by atoms with Crippen molar-refractivity contribution >= 4 is 12.0 Å². The summed E-state index contributed by atoms with van der Waals surface area (Å²) in [5, 5.41) is 5.76. The third-order valence-electron chi connectivity index (χ3n) is 6.17. The largest absolute Gasteiger partial charge is 0.497 e. The minimum absolute atomic E-state index is 0.256. The highest BCUT2D eigenvalue weighted by Gasteiger charge is 2.34. The van der Waals surface area contributed by atoms with Crippen LogP contribution in [0.2, 0.25) is 0 Å². The summed E-state index contributed by atoms with van der Waals surface area (Å²) in [5.41, 5.74) is 3.09. The van der Waals surface area contributed by atoms with Gasteiger partial charge in [0.15, 0.2) is 0 Å². The van der Waals surface area contributed by atoms with Gasteiger partial charge in [0.25, 0.3) is 0 Å². The summed E-state index contributed by atoms with van der Waals surface area (Å²) in [4.78, 5) is 30.3. The molecule has 0 unspecified atom stereocenters. The average molecular weight is 465 g/mol. The molecule has 8 nitrogen and oxygen atoms in total. The number of nitrogens with zero attached hydrogens (tertiary/aromatic N) is 2. The molecule has 4 rings (SSSR count). The Balaban J connectivity index is 1.52. The highest BCUT2D eigenvalue weighted by atomic mass is 16.5. The second-order valence-corrected chi connectivity index (χ2v) is 8.46. The van der Waals surface area contributed by atoms with Gasteiger partial charge in [-0.2, -0.15) is 0 Å². The molecule has 1 fully saturated rings. The van der Waals surface area contributed by atoms with Gasteiger partial charge in [0, 0.05) is 45.0 Å². The Hall–Kier alpha value is -3.36. The molecule has 1 saturated heterocycles. The Morgan fingerprint density at radius 3 is 2.38 bits per heavy atom. The fourth-order valence-corrected chi connectivity index (χ4v) is 4.43. The normalized spacial score (nSPS) is 19.4. The summed E-state index contributed by atoms with van der Waals surface area (Å²) in [5.74, 6) is 0.227. The molecular formula is C26H32N4O4. The lowest BCUT2D eigenvalue weighted by Crippen LogP contribution is -2.51. The van der Waals surface area contributed by atoms with Crippen LogP contribution in [0.4, 0.5) is 4.79 Å². The topological polar surface area (TPSA) is 83.1 Å². The number of carbonyl (C=O) groups excluding carboxylic acids is 2. The van der Waals surface area contributed by atoms with Crippen LogP contribution in [-0.2, 0) is 16.1 Å². The third kappa shape index (κ3) is 5.76. The van der Waals surface area contributed by atoms with Crippen molar-refractivity contribution in [2.24, 2.45) is 0 Å². The molecule has 0 aromatic heterocycles. The number of hydrogen-bond acceptors (Lipinski definition) is 6. The molecule has 34 heavy (non-hydrogen) atoms. The summed E-state index contributed by atoms with van der Waals surface area (Å²) >= 11 is 0. The zero-order valence-electron chi connectivity index (χ0n) is 19.8. The molecule has 2 N–H and O–H groups in total. The Morgan fingerprint density at radius 2 is 1.71 bits per heavy atom. The summed E-state index contributed by atoms with van der Waals surface area (Å²) in [6.07, 6.45) is 0. The van der Waals surface area contributed by atoms with Gasteiger partial charge in [0.05, 0.1) is 25.3 Å². The van der Waals surface area contributed by atoms with Crippen LogP contribution in [0.3, 0.4) is 0 Å². The number of hydrogen-bond donors (Lipinski definition) is 2. The van der Waals surface area contributed by atoms with E-state index >= 15 is 0 Å². The molecule has 0 bridgehead atoms. The van der Waals surface area contributed by atoms with Gasteiger partial charge in [-0.15, -0.1) is 0 Å². The summed E-state index contributed by atoms with van der Waals surface area (Å²) in [6.45, 7) is 6.96. The van der Waals surface area contributed by atoms with Crippen molar-refractivity contribution in [3.8, 4) is 5.75 Å². The van der Waals surface area contributed by atoms with Crippen molar-refractivity contribution in [3.63, 3.8) is 0 Å². The molecule has 2 amide bonds. The molecule has 0 spiro atoms. The molecule has 2 aromatic carbocycles. The fraction of sp³-hybridized carbons (Fsp3) is 0.385. The highest BCUT2D eigenvalue weighted by molar-refractivity contribution is 5.95. The molecule has 2 aromatic rings. The second-order valence-electron chi connectivity index (χ2n) is 8.46. The standard InChI is InChI=1S/C26H32N4O4/c1-3-34-25(31)23-22(27-26(32)28-24(23)20-10-7-11-21(16-20)33-2)18-30-14-12-29(13-15-30)17-19-8-5-4-6-9-19/h4-11,16,24H,3,12-15,17-18H2,1-2H3,(H2,27,28,32)/t24-/m0/s1. The van der Waals surface area contributed by atoms with Gasteiger partial charge in [-0.1, -0.05) is 42.5 Å². The van der Waals surface area contributed by atoms with Crippen LogP contribution in [0.25, 0.3) is 0 Å². The molecule has 1 atom stereocenters. The van der Waals surface area contributed by atoms with Gasteiger partial charge in [-0.3, -0.25) is 9.80 Å². The smallest absolute Gasteiger partial charge is 0.338 e. The van der Waals surface area contributed by atoms with E-state index in [9.17, 15) is 9.59 Å². The number of esters is 1. The van der Waals surface area contributed by atoms with Crippen LogP contribution in [-0.4, -0.2) is 68.2 Å². The lowest BCUT2D eigenvalue weighted by molar-refractivity contribution is -0.139. The number of methoxy groups -OCH3 is 1. The van der Waals surface area contributed by atoms with Gasteiger partial charge >= 0.3 is 12.0 Å². The zero-order chi connectivity index (χ0) is 23.9. The number of amides is 2. The van der Waals surface area contributed by atoms with Gasteiger partial charge in [0.2, 0.25) is 0 Å². The maximum atomic E-state index is 13.0. The maximum absolute atomic E-state index is 13.0. The van der Waals surface area contributed by atoms with Crippen molar-refractivity contribution in [1.29, 1.82) is 0 Å². The van der Waals surface area contributed by atoms with Crippen molar-refractivity contribution < 1.29 is 19.1 Å². The van der Waals surface area contributed by atoms with Crippen LogP contribution >= 0.6 is 0 Å². The van der Waals surface area contributed by atoms with E-state index in [2.05, 4.69) is 44.7 Å². The van der Waals surface area contributed by atoms with Crippen LogP contribution in [0.5, 0.6) is 5.75 Å². The third-order valence-corrected chi connectivity index (χ3v) is 6.17. The molecular weight excluding hydrogens is 432 g/mol. The van der Waals surface area contributed by atoms with Crippen LogP contribution in [0.15, 0.2) is 65.9 Å². The van der Waals surface area contributed by atoms with E-state index in [4.69, 9.17) is 9.47 Å². The predicted molar refractivity (Wildman–Crippen MR) is 129 cm³/mol. The summed E-state index contributed by atoms with van der Waals surface area (Å²) < 4.78 is 10.7. The maximum Gasteiger partial charge on any atom is 0.338 e. The van der Waals surface area contributed by atoms with Gasteiger partial charge in [-0.05, 0) is 30.2 Å². The number of piperazine rings is 1. The quantitative estimate of drug-likeness (QED) is 0.585. The van der Waals surface area contributed by atoms with Crippen LogP contribution in [0.1, 0.15) is 24.1 Å². The first kappa shape index (κ1) is 23.8. The SMILES string of the molecule is CCOC(=O)C1=C(CN2CCN(Cc3ccccc3)CC2)NC(=O)N[C@H]1c1cccc(OC)c1. The number of urea groups is 1.